The van der Waals surface area contributed by atoms with Crippen LogP contribution >= 0.6 is 0 Å². The molecule has 0 atom stereocenters. The molecular formula is C22H24O5. The average Bonchev–Trinajstić information content (AvgIpc) is 2.65. The lowest BCUT2D eigenvalue weighted by Gasteiger charge is -2.27. The SMILES string of the molecule is COc1cc(CC(=O)c2ccc3c(c2)C=CC(C)(C)O3)cc(OC)c1OC. The molecule has 0 N–H and O–H groups in total. The fourth-order valence-corrected chi connectivity index (χ4v) is 3.08. The second-order valence-electron chi connectivity index (χ2n) is 6.92. The molecule has 0 aliphatic carbocycles. The molecule has 1 heterocycles. The fraction of sp³-hybridized carbons (Fsp3) is 0.318. The lowest BCUT2D eigenvalue weighted by Crippen LogP contribution is -2.27. The lowest BCUT2D eigenvalue weighted by molar-refractivity contribution is 0.0992. The van der Waals surface area contributed by atoms with Crippen molar-refractivity contribution in [1.82, 2.24) is 0 Å². The summed E-state index contributed by atoms with van der Waals surface area (Å²) in [7, 11) is 4.66. The zero-order chi connectivity index (χ0) is 19.6. The zero-order valence-corrected chi connectivity index (χ0v) is 16.3. The molecule has 0 radical (unpaired) electrons. The van der Waals surface area contributed by atoms with E-state index in [1.807, 2.05) is 38.1 Å². The number of Topliss-reactive ketones (excluding diaryl/α,β-unsaturated/α-hetero) is 1. The molecule has 0 fully saturated rings. The summed E-state index contributed by atoms with van der Waals surface area (Å²) >= 11 is 0. The van der Waals surface area contributed by atoms with Crippen molar-refractivity contribution < 1.29 is 23.7 Å². The van der Waals surface area contributed by atoms with Gasteiger partial charge in [-0.15, -0.1) is 0 Å². The van der Waals surface area contributed by atoms with Gasteiger partial charge < -0.3 is 18.9 Å². The summed E-state index contributed by atoms with van der Waals surface area (Å²) in [5.41, 5.74) is 2.00. The first-order valence-electron chi connectivity index (χ1n) is 8.71. The molecule has 0 spiro atoms. The monoisotopic (exact) mass is 368 g/mol. The van der Waals surface area contributed by atoms with Crippen LogP contribution in [0.25, 0.3) is 6.08 Å². The predicted molar refractivity (Wildman–Crippen MR) is 104 cm³/mol. The number of carbonyl (C=O) groups excluding carboxylic acids is 1. The van der Waals surface area contributed by atoms with Gasteiger partial charge >= 0.3 is 0 Å². The number of ether oxygens (including phenoxy) is 4. The van der Waals surface area contributed by atoms with E-state index in [4.69, 9.17) is 18.9 Å². The Morgan fingerprint density at radius 2 is 1.67 bits per heavy atom. The Bertz CT molecular complexity index is 871. The van der Waals surface area contributed by atoms with Crippen LogP contribution in [0.1, 0.15) is 35.3 Å². The third-order valence-corrected chi connectivity index (χ3v) is 4.46. The van der Waals surface area contributed by atoms with Crippen LogP contribution in [0.2, 0.25) is 0 Å². The van der Waals surface area contributed by atoms with Crippen molar-refractivity contribution in [2.75, 3.05) is 21.3 Å². The number of fused-ring (bicyclic) bond motifs is 1. The Kier molecular flexibility index (Phi) is 5.13. The number of hydrogen-bond acceptors (Lipinski definition) is 5. The van der Waals surface area contributed by atoms with Gasteiger partial charge in [-0.3, -0.25) is 4.79 Å². The highest BCUT2D eigenvalue weighted by atomic mass is 16.5. The molecule has 1 aliphatic heterocycles. The summed E-state index contributed by atoms with van der Waals surface area (Å²) in [6.45, 7) is 3.99. The maximum absolute atomic E-state index is 12.8. The molecule has 5 nitrogen and oxygen atoms in total. The van der Waals surface area contributed by atoms with E-state index >= 15 is 0 Å². The molecule has 2 aromatic rings. The number of hydrogen-bond donors (Lipinski definition) is 0. The van der Waals surface area contributed by atoms with Gasteiger partial charge in [0.05, 0.1) is 21.3 Å². The summed E-state index contributed by atoms with van der Waals surface area (Å²) in [6.07, 6.45) is 4.21. The Hall–Kier alpha value is -2.95. The third-order valence-electron chi connectivity index (χ3n) is 4.46. The van der Waals surface area contributed by atoms with Crippen molar-refractivity contribution in [1.29, 1.82) is 0 Å². The molecule has 27 heavy (non-hydrogen) atoms. The van der Waals surface area contributed by atoms with Gasteiger partial charge in [0.25, 0.3) is 0 Å². The first-order chi connectivity index (χ1) is 12.9. The van der Waals surface area contributed by atoms with Crippen LogP contribution < -0.4 is 18.9 Å². The minimum Gasteiger partial charge on any atom is -0.493 e. The molecule has 0 aromatic heterocycles. The Morgan fingerprint density at radius 1 is 1.00 bits per heavy atom. The molecular weight excluding hydrogens is 344 g/mol. The highest BCUT2D eigenvalue weighted by Crippen LogP contribution is 2.38. The van der Waals surface area contributed by atoms with Crippen molar-refractivity contribution in [3.63, 3.8) is 0 Å². The Morgan fingerprint density at radius 3 is 2.26 bits per heavy atom. The largest absolute Gasteiger partial charge is 0.493 e. The van der Waals surface area contributed by atoms with Crippen LogP contribution in [0.15, 0.2) is 36.4 Å². The van der Waals surface area contributed by atoms with Crippen LogP contribution in [-0.2, 0) is 6.42 Å². The van der Waals surface area contributed by atoms with Gasteiger partial charge in [0.2, 0.25) is 5.75 Å². The standard InChI is InChI=1S/C22H24O5/c1-22(2)9-8-16-13-15(6-7-18(16)27-22)17(23)10-14-11-19(24-3)21(26-5)20(12-14)25-4/h6-9,11-13H,10H2,1-5H3. The molecule has 0 saturated carbocycles. The van der Waals surface area contributed by atoms with Crippen LogP contribution in [-0.4, -0.2) is 32.7 Å². The van der Waals surface area contributed by atoms with Gasteiger partial charge in [-0.05, 0) is 55.8 Å². The lowest BCUT2D eigenvalue weighted by atomic mass is 9.97. The highest BCUT2D eigenvalue weighted by molar-refractivity contribution is 5.98. The first-order valence-corrected chi connectivity index (χ1v) is 8.71. The second kappa shape index (κ2) is 7.35. The molecule has 1 aliphatic rings. The van der Waals surface area contributed by atoms with Gasteiger partial charge in [-0.2, -0.15) is 0 Å². The zero-order valence-electron chi connectivity index (χ0n) is 16.3. The summed E-state index contributed by atoms with van der Waals surface area (Å²) in [5, 5.41) is 0. The number of benzene rings is 2. The van der Waals surface area contributed by atoms with Crippen molar-refractivity contribution >= 4 is 11.9 Å². The number of carbonyl (C=O) groups is 1. The van der Waals surface area contributed by atoms with E-state index < -0.39 is 0 Å². The van der Waals surface area contributed by atoms with E-state index in [1.54, 1.807) is 39.5 Å². The van der Waals surface area contributed by atoms with Gasteiger partial charge in [0.1, 0.15) is 11.4 Å². The average molecular weight is 368 g/mol. The molecule has 0 unspecified atom stereocenters. The number of methoxy groups -OCH3 is 3. The van der Waals surface area contributed by atoms with Crippen LogP contribution in [0.4, 0.5) is 0 Å². The quantitative estimate of drug-likeness (QED) is 0.711. The third kappa shape index (κ3) is 3.92. The fourth-order valence-electron chi connectivity index (χ4n) is 3.08. The Balaban J connectivity index is 1.86. The predicted octanol–water partition coefficient (Wildman–Crippen LogP) is 4.32. The van der Waals surface area contributed by atoms with Crippen molar-refractivity contribution in [3.8, 4) is 23.0 Å². The van der Waals surface area contributed by atoms with Crippen molar-refractivity contribution in [2.45, 2.75) is 25.9 Å². The van der Waals surface area contributed by atoms with Crippen molar-refractivity contribution in [3.05, 3.63) is 53.1 Å². The minimum absolute atomic E-state index is 0.00491. The molecule has 0 saturated heterocycles. The summed E-state index contributed by atoms with van der Waals surface area (Å²) in [6, 6.07) is 9.10. The molecule has 3 rings (SSSR count). The van der Waals surface area contributed by atoms with E-state index in [0.29, 0.717) is 22.8 Å². The van der Waals surface area contributed by atoms with Crippen LogP contribution in [0.5, 0.6) is 23.0 Å². The Labute approximate surface area is 159 Å². The van der Waals surface area contributed by atoms with Gasteiger partial charge in [0, 0.05) is 17.5 Å². The second-order valence-corrected chi connectivity index (χ2v) is 6.92. The molecule has 142 valence electrons. The molecule has 0 amide bonds. The molecule has 5 heteroatoms. The highest BCUT2D eigenvalue weighted by Gasteiger charge is 2.22. The maximum Gasteiger partial charge on any atom is 0.203 e. The van der Waals surface area contributed by atoms with Gasteiger partial charge in [0.15, 0.2) is 17.3 Å². The number of ketones is 1. The summed E-state index contributed by atoms with van der Waals surface area (Å²) in [4.78, 5) is 12.8. The van der Waals surface area contributed by atoms with E-state index in [-0.39, 0.29) is 17.8 Å². The van der Waals surface area contributed by atoms with Crippen molar-refractivity contribution in [2.24, 2.45) is 0 Å². The normalized spacial score (nSPS) is 14.1. The summed E-state index contributed by atoms with van der Waals surface area (Å²) < 4.78 is 22.0. The number of rotatable bonds is 6. The smallest absolute Gasteiger partial charge is 0.203 e. The van der Waals surface area contributed by atoms with Gasteiger partial charge in [-0.25, -0.2) is 0 Å². The summed E-state index contributed by atoms with van der Waals surface area (Å²) in [5.74, 6) is 2.36. The van der Waals surface area contributed by atoms with E-state index in [2.05, 4.69) is 0 Å². The topological polar surface area (TPSA) is 54.0 Å². The van der Waals surface area contributed by atoms with Crippen LogP contribution in [0, 0.1) is 0 Å². The van der Waals surface area contributed by atoms with Gasteiger partial charge in [-0.1, -0.05) is 6.08 Å². The van der Waals surface area contributed by atoms with E-state index in [9.17, 15) is 4.79 Å². The van der Waals surface area contributed by atoms with E-state index in [1.165, 1.54) is 0 Å². The molecule has 2 aromatic carbocycles. The van der Waals surface area contributed by atoms with Crippen LogP contribution in [0.3, 0.4) is 0 Å². The minimum atomic E-state index is -0.339. The maximum atomic E-state index is 12.8. The molecule has 0 bridgehead atoms. The first kappa shape index (κ1) is 18.8. The van der Waals surface area contributed by atoms with E-state index in [0.717, 1.165) is 16.9 Å².